The Morgan fingerprint density at radius 3 is 2.76 bits per heavy atom. The summed E-state index contributed by atoms with van der Waals surface area (Å²) in [5, 5.41) is 12.5. The van der Waals surface area contributed by atoms with E-state index in [9.17, 15) is 9.90 Å². The van der Waals surface area contributed by atoms with Crippen molar-refractivity contribution in [3.63, 3.8) is 0 Å². The molecule has 2 N–H and O–H groups in total. The minimum atomic E-state index is -0.102. The molecule has 0 radical (unpaired) electrons. The van der Waals surface area contributed by atoms with Crippen molar-refractivity contribution in [2.45, 2.75) is 12.3 Å². The lowest BCUT2D eigenvalue weighted by Crippen LogP contribution is -2.23. The van der Waals surface area contributed by atoms with Crippen molar-refractivity contribution in [2.75, 3.05) is 12.1 Å². The van der Waals surface area contributed by atoms with Crippen molar-refractivity contribution in [1.82, 2.24) is 0 Å². The fourth-order valence-corrected chi connectivity index (χ4v) is 2.89. The Labute approximate surface area is 121 Å². The van der Waals surface area contributed by atoms with Crippen molar-refractivity contribution < 1.29 is 19.4 Å². The molecule has 0 bridgehead atoms. The van der Waals surface area contributed by atoms with Gasteiger partial charge in [-0.3, -0.25) is 4.79 Å². The topological polar surface area (TPSA) is 67.8 Å². The Kier molecular flexibility index (Phi) is 2.54. The maximum Gasteiger partial charge on any atom is 0.231 e. The second kappa shape index (κ2) is 4.41. The molecule has 2 aromatic carbocycles. The standard InChI is InChI=1S/C16H13NO4/c18-10-3-1-2-9(4-10)11-6-16(19)17-13-7-15-14(5-12(11)13)20-8-21-15/h1-5,7,11,18H,6,8H2,(H,17,19)/t11-/m1/s1. The molecule has 0 saturated heterocycles. The van der Waals surface area contributed by atoms with E-state index in [0.29, 0.717) is 17.9 Å². The Hall–Kier alpha value is -2.69. The van der Waals surface area contributed by atoms with E-state index in [-0.39, 0.29) is 24.4 Å². The summed E-state index contributed by atoms with van der Waals surface area (Å²) in [5.74, 6) is 1.38. The molecular formula is C16H13NO4. The van der Waals surface area contributed by atoms with Gasteiger partial charge in [-0.25, -0.2) is 0 Å². The van der Waals surface area contributed by atoms with Crippen LogP contribution in [0.1, 0.15) is 23.5 Å². The van der Waals surface area contributed by atoms with Gasteiger partial charge in [0.15, 0.2) is 11.5 Å². The summed E-state index contributed by atoms with van der Waals surface area (Å²) in [7, 11) is 0. The van der Waals surface area contributed by atoms with Gasteiger partial charge in [-0.1, -0.05) is 12.1 Å². The minimum Gasteiger partial charge on any atom is -0.508 e. The van der Waals surface area contributed by atoms with Crippen molar-refractivity contribution >= 4 is 11.6 Å². The lowest BCUT2D eigenvalue weighted by Gasteiger charge is -2.26. The summed E-state index contributed by atoms with van der Waals surface area (Å²) in [5.41, 5.74) is 2.62. The molecule has 5 heteroatoms. The van der Waals surface area contributed by atoms with Crippen molar-refractivity contribution in [3.8, 4) is 17.2 Å². The molecule has 5 nitrogen and oxygen atoms in total. The molecule has 106 valence electrons. The van der Waals surface area contributed by atoms with Crippen molar-refractivity contribution in [3.05, 3.63) is 47.5 Å². The number of anilines is 1. The van der Waals surface area contributed by atoms with E-state index < -0.39 is 0 Å². The molecule has 2 aliphatic heterocycles. The maximum absolute atomic E-state index is 11.9. The van der Waals surface area contributed by atoms with Crippen LogP contribution in [0, 0.1) is 0 Å². The molecular weight excluding hydrogens is 270 g/mol. The van der Waals surface area contributed by atoms with Crippen LogP contribution in [0.2, 0.25) is 0 Å². The number of nitrogens with one attached hydrogen (secondary N) is 1. The van der Waals surface area contributed by atoms with Gasteiger partial charge >= 0.3 is 0 Å². The van der Waals surface area contributed by atoms with E-state index in [1.54, 1.807) is 24.3 Å². The number of fused-ring (bicyclic) bond motifs is 2. The summed E-state index contributed by atoms with van der Waals surface area (Å²) in [6, 6.07) is 10.7. The van der Waals surface area contributed by atoms with Gasteiger partial charge in [-0.05, 0) is 29.3 Å². The first-order chi connectivity index (χ1) is 10.2. The third-order valence-electron chi connectivity index (χ3n) is 3.86. The van der Waals surface area contributed by atoms with Crippen LogP contribution in [0.25, 0.3) is 0 Å². The first-order valence-corrected chi connectivity index (χ1v) is 6.73. The number of amides is 1. The van der Waals surface area contributed by atoms with Crippen LogP contribution in [0.5, 0.6) is 17.2 Å². The van der Waals surface area contributed by atoms with Gasteiger partial charge in [0.05, 0.1) is 0 Å². The van der Waals surface area contributed by atoms with Crippen LogP contribution in [0.15, 0.2) is 36.4 Å². The molecule has 2 aromatic rings. The molecule has 0 spiro atoms. The predicted octanol–water partition coefficient (Wildman–Crippen LogP) is 2.59. The first-order valence-electron chi connectivity index (χ1n) is 6.73. The molecule has 4 rings (SSSR count). The number of rotatable bonds is 1. The zero-order valence-corrected chi connectivity index (χ0v) is 11.1. The number of aromatic hydroxyl groups is 1. The lowest BCUT2D eigenvalue weighted by molar-refractivity contribution is -0.116. The second-order valence-corrected chi connectivity index (χ2v) is 5.19. The zero-order chi connectivity index (χ0) is 14.4. The number of carbonyl (C=O) groups is 1. The zero-order valence-electron chi connectivity index (χ0n) is 11.1. The van der Waals surface area contributed by atoms with Gasteiger partial charge in [0.1, 0.15) is 5.75 Å². The van der Waals surface area contributed by atoms with Crippen LogP contribution in [0.4, 0.5) is 5.69 Å². The Balaban J connectivity index is 1.85. The van der Waals surface area contributed by atoms with Crippen molar-refractivity contribution in [2.24, 2.45) is 0 Å². The summed E-state index contributed by atoms with van der Waals surface area (Å²) in [6.07, 6.45) is 0.343. The number of hydrogen-bond donors (Lipinski definition) is 2. The van der Waals surface area contributed by atoms with E-state index >= 15 is 0 Å². The highest BCUT2D eigenvalue weighted by Gasteiger charge is 2.29. The molecule has 0 aromatic heterocycles. The average molecular weight is 283 g/mol. The quantitative estimate of drug-likeness (QED) is 0.844. The van der Waals surface area contributed by atoms with E-state index in [0.717, 1.165) is 16.8 Å². The Bertz CT molecular complexity index is 741. The monoisotopic (exact) mass is 283 g/mol. The lowest BCUT2D eigenvalue weighted by atomic mass is 9.84. The predicted molar refractivity (Wildman–Crippen MR) is 75.8 cm³/mol. The minimum absolute atomic E-state index is 0.0466. The molecule has 21 heavy (non-hydrogen) atoms. The summed E-state index contributed by atoms with van der Waals surface area (Å²) in [6.45, 7) is 0.197. The molecule has 0 aliphatic carbocycles. The Morgan fingerprint density at radius 1 is 1.14 bits per heavy atom. The van der Waals surface area contributed by atoms with E-state index in [1.807, 2.05) is 12.1 Å². The normalized spacial score (nSPS) is 19.0. The van der Waals surface area contributed by atoms with Gasteiger partial charge in [0.2, 0.25) is 12.7 Å². The highest BCUT2D eigenvalue weighted by Crippen LogP contribution is 2.44. The number of phenolic OH excluding ortho intramolecular Hbond substituents is 1. The molecule has 0 fully saturated rings. The number of ether oxygens (including phenoxy) is 2. The molecule has 2 aliphatic rings. The van der Waals surface area contributed by atoms with E-state index in [2.05, 4.69) is 5.32 Å². The van der Waals surface area contributed by atoms with Gasteiger partial charge < -0.3 is 19.9 Å². The van der Waals surface area contributed by atoms with Gasteiger partial charge in [-0.2, -0.15) is 0 Å². The molecule has 0 unspecified atom stereocenters. The van der Waals surface area contributed by atoms with Crippen LogP contribution in [0.3, 0.4) is 0 Å². The van der Waals surface area contributed by atoms with E-state index in [1.165, 1.54) is 0 Å². The van der Waals surface area contributed by atoms with Crippen LogP contribution >= 0.6 is 0 Å². The first kappa shape index (κ1) is 12.1. The van der Waals surface area contributed by atoms with Crippen molar-refractivity contribution in [1.29, 1.82) is 0 Å². The largest absolute Gasteiger partial charge is 0.508 e. The number of benzene rings is 2. The maximum atomic E-state index is 11.9. The second-order valence-electron chi connectivity index (χ2n) is 5.19. The average Bonchev–Trinajstić information content (AvgIpc) is 2.91. The van der Waals surface area contributed by atoms with Gasteiger partial charge in [0.25, 0.3) is 0 Å². The van der Waals surface area contributed by atoms with Gasteiger partial charge in [-0.15, -0.1) is 0 Å². The SMILES string of the molecule is O=C1C[C@H](c2cccc(O)c2)c2cc3c(cc2N1)OCO3. The highest BCUT2D eigenvalue weighted by atomic mass is 16.7. The fraction of sp³-hybridized carbons (Fsp3) is 0.188. The smallest absolute Gasteiger partial charge is 0.231 e. The highest BCUT2D eigenvalue weighted by molar-refractivity contribution is 5.96. The fourth-order valence-electron chi connectivity index (χ4n) is 2.89. The molecule has 1 amide bonds. The third-order valence-corrected chi connectivity index (χ3v) is 3.86. The summed E-state index contributed by atoms with van der Waals surface area (Å²) in [4.78, 5) is 11.9. The van der Waals surface area contributed by atoms with E-state index in [4.69, 9.17) is 9.47 Å². The van der Waals surface area contributed by atoms with Gasteiger partial charge in [0, 0.05) is 24.1 Å². The Morgan fingerprint density at radius 2 is 1.95 bits per heavy atom. The molecule has 1 atom stereocenters. The number of carbonyl (C=O) groups excluding carboxylic acids is 1. The number of phenols is 1. The molecule has 2 heterocycles. The third kappa shape index (κ3) is 1.98. The van der Waals surface area contributed by atoms with Crippen LogP contribution < -0.4 is 14.8 Å². The van der Waals surface area contributed by atoms with Crippen LogP contribution in [-0.4, -0.2) is 17.8 Å². The summed E-state index contributed by atoms with van der Waals surface area (Å²) < 4.78 is 10.8. The summed E-state index contributed by atoms with van der Waals surface area (Å²) >= 11 is 0. The molecule has 0 saturated carbocycles. The van der Waals surface area contributed by atoms with Crippen LogP contribution in [-0.2, 0) is 4.79 Å². The number of hydrogen-bond acceptors (Lipinski definition) is 4.